The normalized spacial score (nSPS) is 10.3. The number of aryl methyl sites for hydroxylation is 1. The van der Waals surface area contributed by atoms with E-state index < -0.39 is 0 Å². The molecule has 0 aliphatic heterocycles. The fourth-order valence-electron chi connectivity index (χ4n) is 1.66. The molecule has 0 aliphatic carbocycles. The second kappa shape index (κ2) is 5.88. The van der Waals surface area contributed by atoms with Crippen LogP contribution in [0.25, 0.3) is 0 Å². The average molecular weight is 278 g/mol. The highest BCUT2D eigenvalue weighted by atomic mass is 32.2. The molecule has 100 valence electrons. The third kappa shape index (κ3) is 3.57. The van der Waals surface area contributed by atoms with Crippen molar-refractivity contribution in [3.63, 3.8) is 0 Å². The van der Waals surface area contributed by atoms with Crippen LogP contribution >= 0.6 is 11.8 Å². The fraction of sp³-hybridized carbons (Fsp3) is 0.231. The molecular weight excluding hydrogens is 263 g/mol. The summed E-state index contributed by atoms with van der Waals surface area (Å²) in [6.07, 6.45) is 1.91. The van der Waals surface area contributed by atoms with Gasteiger partial charge in [-0.3, -0.25) is 0 Å². The van der Waals surface area contributed by atoms with E-state index in [1.165, 1.54) is 23.9 Å². The van der Waals surface area contributed by atoms with Crippen molar-refractivity contribution in [2.45, 2.75) is 12.1 Å². The maximum Gasteiger partial charge on any atom is 0.191 e. The number of thioether (sulfide) groups is 1. The van der Waals surface area contributed by atoms with Crippen LogP contribution in [-0.2, 0) is 0 Å². The number of anilines is 3. The number of halogens is 1. The van der Waals surface area contributed by atoms with Gasteiger partial charge < -0.3 is 10.6 Å². The summed E-state index contributed by atoms with van der Waals surface area (Å²) in [5.41, 5.74) is 1.53. The van der Waals surface area contributed by atoms with Gasteiger partial charge in [0.1, 0.15) is 17.5 Å². The van der Waals surface area contributed by atoms with Gasteiger partial charge in [0.25, 0.3) is 0 Å². The number of nitrogens with one attached hydrogen (secondary N) is 2. The van der Waals surface area contributed by atoms with Crippen LogP contribution in [-0.4, -0.2) is 23.3 Å². The monoisotopic (exact) mass is 278 g/mol. The van der Waals surface area contributed by atoms with E-state index in [9.17, 15) is 4.39 Å². The molecule has 0 saturated heterocycles. The largest absolute Gasteiger partial charge is 0.373 e. The topological polar surface area (TPSA) is 49.8 Å². The number of benzene rings is 1. The summed E-state index contributed by atoms with van der Waals surface area (Å²) in [5.74, 6) is 1.08. The van der Waals surface area contributed by atoms with Crippen molar-refractivity contribution in [2.24, 2.45) is 0 Å². The van der Waals surface area contributed by atoms with Crippen molar-refractivity contribution in [2.75, 3.05) is 23.9 Å². The molecule has 0 saturated carbocycles. The standard InChI is InChI=1S/C13H15FN4S/c1-8-4-9(14)6-10(5-8)16-12-7-11(15-2)17-13(18-12)19-3/h4-7H,1-3H3,(H2,15,16,17,18). The Morgan fingerprint density at radius 3 is 2.47 bits per heavy atom. The van der Waals surface area contributed by atoms with Gasteiger partial charge in [0.2, 0.25) is 0 Å². The van der Waals surface area contributed by atoms with Gasteiger partial charge >= 0.3 is 0 Å². The van der Waals surface area contributed by atoms with E-state index in [4.69, 9.17) is 0 Å². The first-order valence-electron chi connectivity index (χ1n) is 5.76. The minimum atomic E-state index is -0.268. The fourth-order valence-corrected chi connectivity index (χ4v) is 2.04. The molecule has 0 fully saturated rings. The second-order valence-corrected chi connectivity index (χ2v) is 4.79. The number of nitrogens with zero attached hydrogens (tertiary/aromatic N) is 2. The highest BCUT2D eigenvalue weighted by Crippen LogP contribution is 2.22. The quantitative estimate of drug-likeness (QED) is 0.663. The number of aromatic nitrogens is 2. The highest BCUT2D eigenvalue weighted by Gasteiger charge is 2.04. The molecule has 0 aliphatic rings. The number of hydrogen-bond acceptors (Lipinski definition) is 5. The molecule has 2 N–H and O–H groups in total. The molecule has 0 atom stereocenters. The van der Waals surface area contributed by atoms with E-state index in [0.717, 1.165) is 11.4 Å². The van der Waals surface area contributed by atoms with Crippen LogP contribution < -0.4 is 10.6 Å². The van der Waals surface area contributed by atoms with Gasteiger partial charge in [0, 0.05) is 18.8 Å². The molecule has 0 spiro atoms. The molecule has 4 nitrogen and oxygen atoms in total. The summed E-state index contributed by atoms with van der Waals surface area (Å²) in [5, 5.41) is 6.72. The summed E-state index contributed by atoms with van der Waals surface area (Å²) in [6.45, 7) is 1.85. The summed E-state index contributed by atoms with van der Waals surface area (Å²) >= 11 is 1.45. The summed E-state index contributed by atoms with van der Waals surface area (Å²) in [4.78, 5) is 8.61. The summed E-state index contributed by atoms with van der Waals surface area (Å²) in [7, 11) is 1.79. The van der Waals surface area contributed by atoms with Crippen molar-refractivity contribution >= 4 is 29.1 Å². The zero-order valence-electron chi connectivity index (χ0n) is 11.0. The molecular formula is C13H15FN4S. The summed E-state index contributed by atoms with van der Waals surface area (Å²) in [6, 6.07) is 6.56. The summed E-state index contributed by atoms with van der Waals surface area (Å²) < 4.78 is 13.3. The Morgan fingerprint density at radius 1 is 1.11 bits per heavy atom. The molecule has 0 bridgehead atoms. The first-order valence-corrected chi connectivity index (χ1v) is 6.98. The van der Waals surface area contributed by atoms with Gasteiger partial charge in [-0.2, -0.15) is 0 Å². The predicted molar refractivity (Wildman–Crippen MR) is 77.8 cm³/mol. The molecule has 1 heterocycles. The van der Waals surface area contributed by atoms with Gasteiger partial charge in [0.15, 0.2) is 5.16 Å². The Kier molecular flexibility index (Phi) is 4.21. The van der Waals surface area contributed by atoms with Crippen LogP contribution in [0.2, 0.25) is 0 Å². The van der Waals surface area contributed by atoms with Crippen LogP contribution in [0.3, 0.4) is 0 Å². The lowest BCUT2D eigenvalue weighted by molar-refractivity contribution is 0.627. The lowest BCUT2D eigenvalue weighted by atomic mass is 10.2. The third-order valence-corrected chi connectivity index (χ3v) is 3.01. The van der Waals surface area contributed by atoms with E-state index in [0.29, 0.717) is 16.7 Å². The Balaban J connectivity index is 2.31. The van der Waals surface area contributed by atoms with E-state index in [-0.39, 0.29) is 5.82 Å². The van der Waals surface area contributed by atoms with Crippen LogP contribution in [0.5, 0.6) is 0 Å². The first kappa shape index (κ1) is 13.6. The Hall–Kier alpha value is -1.82. The highest BCUT2D eigenvalue weighted by molar-refractivity contribution is 7.98. The first-order chi connectivity index (χ1) is 9.10. The lowest BCUT2D eigenvalue weighted by Gasteiger charge is -2.09. The second-order valence-electron chi connectivity index (χ2n) is 4.02. The van der Waals surface area contributed by atoms with Crippen LogP contribution in [0, 0.1) is 12.7 Å². The van der Waals surface area contributed by atoms with Gasteiger partial charge in [-0.05, 0) is 36.9 Å². The van der Waals surface area contributed by atoms with E-state index in [1.54, 1.807) is 13.1 Å². The zero-order chi connectivity index (χ0) is 13.8. The lowest BCUT2D eigenvalue weighted by Crippen LogP contribution is -2.01. The minimum Gasteiger partial charge on any atom is -0.373 e. The average Bonchev–Trinajstić information content (AvgIpc) is 2.37. The zero-order valence-corrected chi connectivity index (χ0v) is 11.8. The molecule has 6 heteroatoms. The maximum atomic E-state index is 13.3. The minimum absolute atomic E-state index is 0.268. The predicted octanol–water partition coefficient (Wildman–Crippen LogP) is 3.43. The number of rotatable bonds is 4. The van der Waals surface area contributed by atoms with Gasteiger partial charge in [-0.15, -0.1) is 0 Å². The van der Waals surface area contributed by atoms with E-state index in [1.807, 2.05) is 19.2 Å². The van der Waals surface area contributed by atoms with Crippen molar-refractivity contribution in [1.29, 1.82) is 0 Å². The SMILES string of the molecule is CNc1cc(Nc2cc(C)cc(F)c2)nc(SC)n1. The smallest absolute Gasteiger partial charge is 0.191 e. The maximum absolute atomic E-state index is 13.3. The van der Waals surface area contributed by atoms with E-state index in [2.05, 4.69) is 20.6 Å². The van der Waals surface area contributed by atoms with Crippen LogP contribution in [0.1, 0.15) is 5.56 Å². The molecule has 1 aromatic heterocycles. The van der Waals surface area contributed by atoms with Gasteiger partial charge in [-0.25, -0.2) is 14.4 Å². The molecule has 2 aromatic rings. The molecule has 0 radical (unpaired) electrons. The van der Waals surface area contributed by atoms with Crippen molar-refractivity contribution < 1.29 is 4.39 Å². The van der Waals surface area contributed by atoms with Gasteiger partial charge in [0.05, 0.1) is 0 Å². The van der Waals surface area contributed by atoms with Crippen molar-refractivity contribution in [3.8, 4) is 0 Å². The van der Waals surface area contributed by atoms with E-state index >= 15 is 0 Å². The Morgan fingerprint density at radius 2 is 1.84 bits per heavy atom. The van der Waals surface area contributed by atoms with Crippen LogP contribution in [0.4, 0.5) is 21.7 Å². The molecule has 19 heavy (non-hydrogen) atoms. The molecule has 2 rings (SSSR count). The van der Waals surface area contributed by atoms with Gasteiger partial charge in [-0.1, -0.05) is 11.8 Å². The van der Waals surface area contributed by atoms with Crippen molar-refractivity contribution in [1.82, 2.24) is 9.97 Å². The number of hydrogen-bond donors (Lipinski definition) is 2. The Bertz CT molecular complexity index is 546. The molecule has 0 unspecified atom stereocenters. The molecule has 0 amide bonds. The molecule has 1 aromatic carbocycles. The van der Waals surface area contributed by atoms with Crippen molar-refractivity contribution in [3.05, 3.63) is 35.6 Å². The van der Waals surface area contributed by atoms with Crippen LogP contribution in [0.15, 0.2) is 29.4 Å². The Labute approximate surface area is 115 Å². The third-order valence-electron chi connectivity index (χ3n) is 2.46.